The molecule has 1 aliphatic carbocycles. The summed E-state index contributed by atoms with van der Waals surface area (Å²) >= 11 is 1.50. The number of methoxy groups -OCH3 is 1. The van der Waals surface area contributed by atoms with E-state index in [1.54, 1.807) is 0 Å². The normalized spacial score (nSPS) is 20.5. The van der Waals surface area contributed by atoms with Gasteiger partial charge in [-0.15, -0.1) is 0 Å². The van der Waals surface area contributed by atoms with Crippen molar-refractivity contribution in [2.24, 2.45) is 10.9 Å². The molecule has 1 atom stereocenters. The number of nitrogens with one attached hydrogen (secondary N) is 1. The van der Waals surface area contributed by atoms with Crippen molar-refractivity contribution in [3.8, 4) is 0 Å². The molecule has 1 N–H and O–H groups in total. The Labute approximate surface area is 181 Å². The number of aliphatic imine (C=N–C) groups is 1. The minimum absolute atomic E-state index is 0.00267. The summed E-state index contributed by atoms with van der Waals surface area (Å²) in [7, 11) is 1.40. The van der Waals surface area contributed by atoms with Crippen molar-refractivity contribution in [3.05, 3.63) is 57.8 Å². The van der Waals surface area contributed by atoms with Gasteiger partial charge in [-0.3, -0.25) is 4.79 Å². The molecule has 0 spiro atoms. The third-order valence-electron chi connectivity index (χ3n) is 5.61. The van der Waals surface area contributed by atoms with Gasteiger partial charge in [0, 0.05) is 12.2 Å². The Balaban J connectivity index is 1.69. The Morgan fingerprint density at radius 1 is 1.33 bits per heavy atom. The van der Waals surface area contributed by atoms with Gasteiger partial charge < -0.3 is 15.0 Å². The highest BCUT2D eigenvalue weighted by Gasteiger charge is 2.41. The lowest BCUT2D eigenvalue weighted by molar-refractivity contribution is -0.136. The van der Waals surface area contributed by atoms with E-state index in [1.807, 2.05) is 42.4 Å². The first-order valence-electron chi connectivity index (χ1n) is 10.4. The molecule has 6 nitrogen and oxygen atoms in total. The van der Waals surface area contributed by atoms with E-state index in [0.29, 0.717) is 17.9 Å². The lowest BCUT2D eigenvalue weighted by Crippen LogP contribution is -2.38. The van der Waals surface area contributed by atoms with Crippen molar-refractivity contribution in [2.75, 3.05) is 13.7 Å². The monoisotopic (exact) mass is 425 g/mol. The van der Waals surface area contributed by atoms with Crippen molar-refractivity contribution in [1.29, 1.82) is 0 Å². The summed E-state index contributed by atoms with van der Waals surface area (Å²) in [6.45, 7) is 4.77. The van der Waals surface area contributed by atoms with E-state index < -0.39 is 0 Å². The first kappa shape index (κ1) is 20.7. The number of esters is 1. The number of rotatable bonds is 7. The Morgan fingerprint density at radius 3 is 2.80 bits per heavy atom. The van der Waals surface area contributed by atoms with Crippen LogP contribution in [0.3, 0.4) is 0 Å². The van der Waals surface area contributed by atoms with Crippen molar-refractivity contribution >= 4 is 28.8 Å². The fourth-order valence-corrected chi connectivity index (χ4v) is 4.81. The van der Waals surface area contributed by atoms with Crippen LogP contribution in [0, 0.1) is 12.8 Å². The van der Waals surface area contributed by atoms with Crippen molar-refractivity contribution in [1.82, 2.24) is 10.2 Å². The van der Waals surface area contributed by atoms with E-state index in [4.69, 9.17) is 9.73 Å². The van der Waals surface area contributed by atoms with Crippen LogP contribution in [0.4, 0.5) is 0 Å². The van der Waals surface area contributed by atoms with Crippen LogP contribution in [-0.2, 0) is 14.3 Å². The van der Waals surface area contributed by atoms with Gasteiger partial charge in [-0.1, -0.05) is 48.5 Å². The second kappa shape index (κ2) is 8.68. The van der Waals surface area contributed by atoms with Gasteiger partial charge in [0.2, 0.25) is 5.91 Å². The number of allylic oxidation sites excluding steroid dienone is 1. The summed E-state index contributed by atoms with van der Waals surface area (Å²) in [4.78, 5) is 32.2. The van der Waals surface area contributed by atoms with Gasteiger partial charge >= 0.3 is 5.97 Å². The fourth-order valence-electron chi connectivity index (χ4n) is 3.88. The quantitative estimate of drug-likeness (QED) is 0.668. The molecule has 3 aliphatic rings. The van der Waals surface area contributed by atoms with Gasteiger partial charge in [-0.05, 0) is 43.1 Å². The van der Waals surface area contributed by atoms with Crippen LogP contribution in [-0.4, -0.2) is 35.6 Å². The predicted octanol–water partition coefficient (Wildman–Crippen LogP) is 4.05. The number of fused-ring (bicyclic) bond motifs is 1. The minimum Gasteiger partial charge on any atom is -0.466 e. The highest BCUT2D eigenvalue weighted by atomic mass is 32.2. The number of thioether (sulfide) groups is 1. The zero-order chi connectivity index (χ0) is 21.3. The number of amidine groups is 1. The molecular weight excluding hydrogens is 398 g/mol. The molecule has 0 aromatic heterocycles. The SMILES string of the molecule is CCC1=C(C(=O)OC)C(c2cccc(C)c2)N2C(CC(=O)NCC3CC3)=CSC2=N1. The molecule has 0 radical (unpaired) electrons. The Morgan fingerprint density at radius 2 is 2.13 bits per heavy atom. The Bertz CT molecular complexity index is 962. The van der Waals surface area contributed by atoms with Gasteiger partial charge in [-0.2, -0.15) is 0 Å². The van der Waals surface area contributed by atoms with E-state index in [-0.39, 0.29) is 24.3 Å². The van der Waals surface area contributed by atoms with Gasteiger partial charge in [0.15, 0.2) is 5.17 Å². The molecule has 1 saturated carbocycles. The molecule has 2 heterocycles. The average Bonchev–Trinajstić information content (AvgIpc) is 3.50. The van der Waals surface area contributed by atoms with E-state index in [2.05, 4.69) is 11.4 Å². The Hall–Kier alpha value is -2.54. The van der Waals surface area contributed by atoms with Gasteiger partial charge in [-0.25, -0.2) is 9.79 Å². The van der Waals surface area contributed by atoms with Crippen LogP contribution in [0.25, 0.3) is 0 Å². The first-order valence-corrected chi connectivity index (χ1v) is 11.3. The highest BCUT2D eigenvalue weighted by Crippen LogP contribution is 2.45. The number of hydrogen-bond acceptors (Lipinski definition) is 6. The zero-order valence-corrected chi connectivity index (χ0v) is 18.4. The maximum Gasteiger partial charge on any atom is 0.338 e. The Kier molecular flexibility index (Phi) is 5.99. The molecule has 1 unspecified atom stereocenters. The molecule has 0 saturated heterocycles. The molecule has 4 rings (SSSR count). The molecule has 158 valence electrons. The van der Waals surface area contributed by atoms with Crippen LogP contribution < -0.4 is 5.32 Å². The summed E-state index contributed by atoms with van der Waals surface area (Å²) in [6, 6.07) is 7.76. The summed E-state index contributed by atoms with van der Waals surface area (Å²) in [5.41, 5.74) is 4.23. The summed E-state index contributed by atoms with van der Waals surface area (Å²) < 4.78 is 5.14. The molecular formula is C23H27N3O3S. The second-order valence-electron chi connectivity index (χ2n) is 7.94. The van der Waals surface area contributed by atoms with Crippen molar-refractivity contribution in [2.45, 2.75) is 45.6 Å². The lowest BCUT2D eigenvalue weighted by Gasteiger charge is -2.36. The second-order valence-corrected chi connectivity index (χ2v) is 8.77. The first-order chi connectivity index (χ1) is 14.5. The van der Waals surface area contributed by atoms with E-state index >= 15 is 0 Å². The zero-order valence-electron chi connectivity index (χ0n) is 17.6. The summed E-state index contributed by atoms with van der Waals surface area (Å²) in [5, 5.41) is 5.82. The average molecular weight is 426 g/mol. The van der Waals surface area contributed by atoms with Gasteiger partial charge in [0.1, 0.15) is 0 Å². The molecule has 1 aromatic rings. The highest BCUT2D eigenvalue weighted by molar-refractivity contribution is 8.16. The molecule has 30 heavy (non-hydrogen) atoms. The number of carbonyl (C=O) groups excluding carboxylic acids is 2. The molecule has 0 bridgehead atoms. The molecule has 1 aromatic carbocycles. The number of carbonyl (C=O) groups is 2. The third kappa shape index (κ3) is 4.17. The molecule has 7 heteroatoms. The molecule has 2 aliphatic heterocycles. The standard InChI is InChI=1S/C23H27N3O3S/c1-4-18-20(22(28)29-3)21(16-7-5-6-14(2)10-16)26-17(13-30-23(26)25-18)11-19(27)24-12-15-8-9-15/h5-7,10,13,15,21H,4,8-9,11-12H2,1-3H3,(H,24,27). The fraction of sp³-hybridized carbons (Fsp3) is 0.435. The predicted molar refractivity (Wildman–Crippen MR) is 119 cm³/mol. The van der Waals surface area contributed by atoms with E-state index in [9.17, 15) is 9.59 Å². The number of benzene rings is 1. The van der Waals surface area contributed by atoms with Gasteiger partial charge in [0.05, 0.1) is 30.8 Å². The number of hydrogen-bond donors (Lipinski definition) is 1. The third-order valence-corrected chi connectivity index (χ3v) is 6.50. The van der Waals surface area contributed by atoms with Crippen molar-refractivity contribution in [3.63, 3.8) is 0 Å². The summed E-state index contributed by atoms with van der Waals surface area (Å²) in [6.07, 6.45) is 3.29. The summed E-state index contributed by atoms with van der Waals surface area (Å²) in [5.74, 6) is 0.257. The molecule has 1 amide bonds. The van der Waals surface area contributed by atoms with Crippen molar-refractivity contribution < 1.29 is 14.3 Å². The number of ether oxygens (including phenoxy) is 1. The van der Waals surface area contributed by atoms with Crippen LogP contribution in [0.15, 0.2) is 51.6 Å². The smallest absolute Gasteiger partial charge is 0.338 e. The maximum atomic E-state index is 12.8. The number of nitrogens with zero attached hydrogens (tertiary/aromatic N) is 2. The van der Waals surface area contributed by atoms with Crippen LogP contribution >= 0.6 is 11.8 Å². The molecule has 1 fully saturated rings. The van der Waals surface area contributed by atoms with E-state index in [0.717, 1.165) is 34.2 Å². The number of aryl methyl sites for hydroxylation is 1. The van der Waals surface area contributed by atoms with Crippen LogP contribution in [0.5, 0.6) is 0 Å². The largest absolute Gasteiger partial charge is 0.466 e. The lowest BCUT2D eigenvalue weighted by atomic mass is 9.92. The van der Waals surface area contributed by atoms with E-state index in [1.165, 1.54) is 31.7 Å². The maximum absolute atomic E-state index is 12.8. The van der Waals surface area contributed by atoms with Crippen LogP contribution in [0.1, 0.15) is 49.8 Å². The minimum atomic E-state index is -0.379. The number of amides is 1. The topological polar surface area (TPSA) is 71.0 Å². The van der Waals surface area contributed by atoms with Crippen LogP contribution in [0.2, 0.25) is 0 Å². The van der Waals surface area contributed by atoms with Gasteiger partial charge in [0.25, 0.3) is 0 Å².